The van der Waals surface area contributed by atoms with Gasteiger partial charge in [-0.1, -0.05) is 42.4 Å². The Balaban J connectivity index is 1.30. The minimum absolute atomic E-state index is 0.649. The number of ether oxygens (including phenoxy) is 2. The number of imidazole rings is 1. The van der Waals surface area contributed by atoms with Gasteiger partial charge < -0.3 is 14.4 Å². The standard InChI is InChI=1S/C29H27ClN4O2/c1-21-29-31-26-4-2-3-5-27(26)33(29)20-28(22-6-8-23(30)9-7-22)34(21)24-10-12-25(13-11-24)36-19-16-32-14-17-35-18-15-32/h2-13,20H,1,14-19H2. The largest absolute Gasteiger partial charge is 0.492 e. The topological polar surface area (TPSA) is 42.8 Å². The summed E-state index contributed by atoms with van der Waals surface area (Å²) in [4.78, 5) is 9.38. The molecule has 2 aliphatic rings. The highest BCUT2D eigenvalue weighted by Crippen LogP contribution is 2.40. The maximum Gasteiger partial charge on any atom is 0.161 e. The van der Waals surface area contributed by atoms with Gasteiger partial charge in [0.2, 0.25) is 0 Å². The molecule has 0 spiro atoms. The molecular weight excluding hydrogens is 472 g/mol. The van der Waals surface area contributed by atoms with E-state index in [0.717, 1.165) is 78.1 Å². The van der Waals surface area contributed by atoms with E-state index >= 15 is 0 Å². The molecule has 6 nitrogen and oxygen atoms in total. The van der Waals surface area contributed by atoms with Crippen molar-refractivity contribution >= 4 is 45.9 Å². The molecule has 1 saturated heterocycles. The van der Waals surface area contributed by atoms with Crippen molar-refractivity contribution in [3.8, 4) is 5.75 Å². The molecule has 0 bridgehead atoms. The summed E-state index contributed by atoms with van der Waals surface area (Å²) in [5.41, 5.74) is 5.80. The van der Waals surface area contributed by atoms with Gasteiger partial charge in [-0.15, -0.1) is 0 Å². The van der Waals surface area contributed by atoms with Crippen molar-refractivity contribution in [1.29, 1.82) is 0 Å². The molecule has 0 radical (unpaired) electrons. The summed E-state index contributed by atoms with van der Waals surface area (Å²) in [5.74, 6) is 1.67. The lowest BCUT2D eigenvalue weighted by atomic mass is 10.1. The van der Waals surface area contributed by atoms with Crippen LogP contribution in [0.25, 0.3) is 28.6 Å². The highest BCUT2D eigenvalue weighted by molar-refractivity contribution is 6.30. The summed E-state index contributed by atoms with van der Waals surface area (Å²) in [5, 5.41) is 0.702. The van der Waals surface area contributed by atoms with Gasteiger partial charge in [-0.05, 0) is 48.5 Å². The lowest BCUT2D eigenvalue weighted by Gasteiger charge is -2.33. The van der Waals surface area contributed by atoms with E-state index in [0.29, 0.717) is 11.6 Å². The molecular formula is C29H27ClN4O2. The molecule has 3 heterocycles. The van der Waals surface area contributed by atoms with Gasteiger partial charge in [0.1, 0.15) is 12.4 Å². The fourth-order valence-electron chi connectivity index (χ4n) is 4.73. The van der Waals surface area contributed by atoms with Crippen LogP contribution in [0.5, 0.6) is 5.75 Å². The van der Waals surface area contributed by atoms with Crippen LogP contribution in [-0.2, 0) is 4.74 Å². The Morgan fingerprint density at radius 2 is 1.69 bits per heavy atom. The second-order valence-corrected chi connectivity index (χ2v) is 9.33. The highest BCUT2D eigenvalue weighted by atomic mass is 35.5. The minimum Gasteiger partial charge on any atom is -0.492 e. The molecule has 1 fully saturated rings. The minimum atomic E-state index is 0.649. The Labute approximate surface area is 215 Å². The number of anilines is 1. The number of rotatable bonds is 6. The fourth-order valence-corrected chi connectivity index (χ4v) is 4.86. The average Bonchev–Trinajstić information content (AvgIpc) is 3.29. The van der Waals surface area contributed by atoms with E-state index in [-0.39, 0.29) is 0 Å². The molecule has 36 heavy (non-hydrogen) atoms. The Bertz CT molecular complexity index is 1420. The summed E-state index contributed by atoms with van der Waals surface area (Å²) in [6.45, 7) is 9.52. The summed E-state index contributed by atoms with van der Waals surface area (Å²) in [6, 6.07) is 24.2. The van der Waals surface area contributed by atoms with Gasteiger partial charge in [0.15, 0.2) is 5.82 Å². The van der Waals surface area contributed by atoms with Crippen molar-refractivity contribution in [3.05, 3.63) is 95.8 Å². The summed E-state index contributed by atoms with van der Waals surface area (Å²) in [7, 11) is 0. The molecule has 2 aliphatic heterocycles. The third kappa shape index (κ3) is 4.39. The number of hydrogen-bond acceptors (Lipinski definition) is 5. The molecule has 4 aromatic rings. The van der Waals surface area contributed by atoms with Gasteiger partial charge in [-0.3, -0.25) is 9.47 Å². The van der Waals surface area contributed by atoms with Crippen LogP contribution in [0.3, 0.4) is 0 Å². The SMILES string of the molecule is C=C1c2nc3ccccc3n2C=C(c2ccc(Cl)cc2)N1c1ccc(OCCN2CCOCC2)cc1. The molecule has 182 valence electrons. The predicted molar refractivity (Wildman–Crippen MR) is 146 cm³/mol. The van der Waals surface area contributed by atoms with Crippen molar-refractivity contribution in [1.82, 2.24) is 14.5 Å². The Morgan fingerprint density at radius 1 is 0.944 bits per heavy atom. The van der Waals surface area contributed by atoms with Crippen molar-refractivity contribution in [2.75, 3.05) is 44.4 Å². The van der Waals surface area contributed by atoms with E-state index in [1.165, 1.54) is 0 Å². The first-order valence-electron chi connectivity index (χ1n) is 12.1. The van der Waals surface area contributed by atoms with Gasteiger partial charge in [-0.2, -0.15) is 0 Å². The zero-order valence-electron chi connectivity index (χ0n) is 19.9. The highest BCUT2D eigenvalue weighted by Gasteiger charge is 2.27. The van der Waals surface area contributed by atoms with Crippen LogP contribution in [0, 0.1) is 0 Å². The number of morpholine rings is 1. The summed E-state index contributed by atoms with van der Waals surface area (Å²) < 4.78 is 13.6. The number of nitrogens with zero attached hydrogens (tertiary/aromatic N) is 4. The third-order valence-corrected chi connectivity index (χ3v) is 6.88. The van der Waals surface area contributed by atoms with Crippen LogP contribution in [0.4, 0.5) is 5.69 Å². The lowest BCUT2D eigenvalue weighted by Crippen LogP contribution is -2.38. The zero-order valence-corrected chi connectivity index (χ0v) is 20.7. The quantitative estimate of drug-likeness (QED) is 0.334. The van der Waals surface area contributed by atoms with Crippen molar-refractivity contribution < 1.29 is 9.47 Å². The second kappa shape index (κ2) is 9.82. The Morgan fingerprint density at radius 3 is 2.47 bits per heavy atom. The van der Waals surface area contributed by atoms with E-state index in [1.54, 1.807) is 0 Å². The van der Waals surface area contributed by atoms with Gasteiger partial charge in [0.05, 0.1) is 35.6 Å². The van der Waals surface area contributed by atoms with Gasteiger partial charge in [0, 0.05) is 42.1 Å². The first kappa shape index (κ1) is 22.9. The fraction of sp³-hybridized carbons (Fsp3) is 0.207. The molecule has 0 unspecified atom stereocenters. The predicted octanol–water partition coefficient (Wildman–Crippen LogP) is 5.85. The van der Waals surface area contributed by atoms with E-state index in [1.807, 2.05) is 54.6 Å². The Hall–Kier alpha value is -3.58. The van der Waals surface area contributed by atoms with E-state index in [4.69, 9.17) is 26.1 Å². The molecule has 6 rings (SSSR count). The smallest absolute Gasteiger partial charge is 0.161 e. The maximum absolute atomic E-state index is 6.19. The first-order valence-corrected chi connectivity index (χ1v) is 12.5. The van der Waals surface area contributed by atoms with Gasteiger partial charge in [-0.25, -0.2) is 4.98 Å². The second-order valence-electron chi connectivity index (χ2n) is 8.89. The molecule has 0 amide bonds. The number of para-hydroxylation sites is 2. The molecule has 1 aromatic heterocycles. The van der Waals surface area contributed by atoms with E-state index < -0.39 is 0 Å². The third-order valence-electron chi connectivity index (χ3n) is 6.63. The molecule has 0 aliphatic carbocycles. The number of aromatic nitrogens is 2. The normalized spacial score (nSPS) is 16.2. The van der Waals surface area contributed by atoms with Crippen LogP contribution in [0.2, 0.25) is 5.02 Å². The zero-order chi connectivity index (χ0) is 24.5. The van der Waals surface area contributed by atoms with Crippen LogP contribution in [-0.4, -0.2) is 53.9 Å². The molecule has 0 N–H and O–H groups in total. The van der Waals surface area contributed by atoms with E-state index in [9.17, 15) is 0 Å². The van der Waals surface area contributed by atoms with Gasteiger partial charge >= 0.3 is 0 Å². The van der Waals surface area contributed by atoms with Gasteiger partial charge in [0.25, 0.3) is 0 Å². The average molecular weight is 499 g/mol. The summed E-state index contributed by atoms with van der Waals surface area (Å²) in [6.07, 6.45) is 2.12. The van der Waals surface area contributed by atoms with Crippen LogP contribution >= 0.6 is 11.6 Å². The van der Waals surface area contributed by atoms with Crippen molar-refractivity contribution in [2.45, 2.75) is 0 Å². The monoisotopic (exact) mass is 498 g/mol. The Kier molecular flexibility index (Phi) is 6.23. The van der Waals surface area contributed by atoms with Crippen LogP contribution in [0.1, 0.15) is 11.4 Å². The molecule has 0 saturated carbocycles. The lowest BCUT2D eigenvalue weighted by molar-refractivity contribution is 0.0322. The number of fused-ring (bicyclic) bond motifs is 3. The van der Waals surface area contributed by atoms with Crippen LogP contribution < -0.4 is 9.64 Å². The van der Waals surface area contributed by atoms with E-state index in [2.05, 4.69) is 45.3 Å². The number of benzene rings is 3. The first-order chi connectivity index (χ1) is 17.7. The van der Waals surface area contributed by atoms with Crippen molar-refractivity contribution in [2.24, 2.45) is 0 Å². The summed E-state index contributed by atoms with van der Waals surface area (Å²) >= 11 is 6.19. The maximum atomic E-state index is 6.19. The van der Waals surface area contributed by atoms with Crippen LogP contribution in [0.15, 0.2) is 79.4 Å². The molecule has 3 aromatic carbocycles. The number of hydrogen-bond donors (Lipinski definition) is 0. The number of halogens is 1. The molecule has 7 heteroatoms. The van der Waals surface area contributed by atoms with Crippen molar-refractivity contribution in [3.63, 3.8) is 0 Å². The molecule has 0 atom stereocenters.